The number of nitro groups is 1. The summed E-state index contributed by atoms with van der Waals surface area (Å²) in [7, 11) is 0. The van der Waals surface area contributed by atoms with Crippen molar-refractivity contribution in [3.05, 3.63) is 50.7 Å². The van der Waals surface area contributed by atoms with Gasteiger partial charge in [0.15, 0.2) is 5.75 Å². The predicted molar refractivity (Wildman–Crippen MR) is 85.4 cm³/mol. The van der Waals surface area contributed by atoms with Crippen molar-refractivity contribution >= 4 is 22.7 Å². The molecule has 1 N–H and O–H groups in total. The van der Waals surface area contributed by atoms with E-state index in [4.69, 9.17) is 4.74 Å². The molecule has 0 saturated heterocycles. The Morgan fingerprint density at radius 3 is 2.76 bits per heavy atom. The number of benzene rings is 1. The van der Waals surface area contributed by atoms with E-state index in [9.17, 15) is 10.1 Å². The van der Waals surface area contributed by atoms with E-state index in [-0.39, 0.29) is 11.8 Å². The highest BCUT2D eigenvalue weighted by molar-refractivity contribution is 7.09. The van der Waals surface area contributed by atoms with Crippen LogP contribution in [-0.4, -0.2) is 17.6 Å². The van der Waals surface area contributed by atoms with E-state index in [1.54, 1.807) is 29.5 Å². The van der Waals surface area contributed by atoms with Gasteiger partial charge in [-0.15, -0.1) is 11.3 Å². The molecule has 6 heteroatoms. The quantitative estimate of drug-likeness (QED) is 0.618. The fourth-order valence-corrected chi connectivity index (χ4v) is 2.69. The first-order valence-electron chi connectivity index (χ1n) is 6.78. The summed E-state index contributed by atoms with van der Waals surface area (Å²) in [6.45, 7) is 4.34. The number of nitrogens with one attached hydrogen (secondary N) is 1. The van der Waals surface area contributed by atoms with Crippen LogP contribution in [0.25, 0.3) is 0 Å². The zero-order valence-electron chi connectivity index (χ0n) is 12.0. The molecule has 0 aliphatic rings. The van der Waals surface area contributed by atoms with Crippen molar-refractivity contribution in [2.45, 2.75) is 26.4 Å². The normalized spacial score (nSPS) is 10.6. The van der Waals surface area contributed by atoms with Gasteiger partial charge in [-0.2, -0.15) is 0 Å². The van der Waals surface area contributed by atoms with E-state index in [1.807, 2.05) is 25.3 Å². The highest BCUT2D eigenvalue weighted by atomic mass is 32.1. The molecule has 0 aliphatic carbocycles. The van der Waals surface area contributed by atoms with Gasteiger partial charge in [0.2, 0.25) is 0 Å². The highest BCUT2D eigenvalue weighted by Gasteiger charge is 2.21. The van der Waals surface area contributed by atoms with E-state index in [2.05, 4.69) is 11.4 Å². The van der Waals surface area contributed by atoms with Crippen LogP contribution in [0.5, 0.6) is 5.75 Å². The summed E-state index contributed by atoms with van der Waals surface area (Å²) in [4.78, 5) is 12.2. The SMILES string of the molecule is CC(C)Oc1cccc(NCCc2cccs2)c1[N+](=O)[O-]. The van der Waals surface area contributed by atoms with Crippen LogP contribution in [0, 0.1) is 10.1 Å². The number of hydrogen-bond acceptors (Lipinski definition) is 5. The van der Waals surface area contributed by atoms with E-state index in [0.29, 0.717) is 18.0 Å². The minimum Gasteiger partial charge on any atom is -0.484 e. The molecule has 0 unspecified atom stereocenters. The Labute approximate surface area is 127 Å². The number of rotatable bonds is 7. The molecule has 0 amide bonds. The molecular formula is C15H18N2O3S. The van der Waals surface area contributed by atoms with Crippen molar-refractivity contribution in [2.24, 2.45) is 0 Å². The van der Waals surface area contributed by atoms with Crippen LogP contribution < -0.4 is 10.1 Å². The van der Waals surface area contributed by atoms with Crippen molar-refractivity contribution in [3.63, 3.8) is 0 Å². The van der Waals surface area contributed by atoms with Crippen molar-refractivity contribution < 1.29 is 9.66 Å². The first-order chi connectivity index (χ1) is 10.1. The molecule has 0 bridgehead atoms. The maximum Gasteiger partial charge on any atom is 0.333 e. The molecular weight excluding hydrogens is 288 g/mol. The third-order valence-electron chi connectivity index (χ3n) is 2.81. The Balaban J connectivity index is 2.12. The first kappa shape index (κ1) is 15.3. The third kappa shape index (κ3) is 4.19. The second-order valence-corrected chi connectivity index (χ2v) is 5.86. The zero-order valence-corrected chi connectivity index (χ0v) is 12.9. The van der Waals surface area contributed by atoms with Gasteiger partial charge in [0.25, 0.3) is 0 Å². The summed E-state index contributed by atoms with van der Waals surface area (Å²) in [6, 6.07) is 9.15. The molecule has 0 fully saturated rings. The lowest BCUT2D eigenvalue weighted by Crippen LogP contribution is -2.10. The van der Waals surface area contributed by atoms with Gasteiger partial charge in [-0.3, -0.25) is 10.1 Å². The van der Waals surface area contributed by atoms with Gasteiger partial charge in [0.05, 0.1) is 11.0 Å². The van der Waals surface area contributed by atoms with Crippen LogP contribution in [0.15, 0.2) is 35.7 Å². The Morgan fingerprint density at radius 2 is 2.14 bits per heavy atom. The Hall–Kier alpha value is -2.08. The highest BCUT2D eigenvalue weighted by Crippen LogP contribution is 2.35. The lowest BCUT2D eigenvalue weighted by atomic mass is 10.2. The third-order valence-corrected chi connectivity index (χ3v) is 3.75. The van der Waals surface area contributed by atoms with Crippen LogP contribution in [0.4, 0.5) is 11.4 Å². The predicted octanol–water partition coefficient (Wildman–Crippen LogP) is 4.10. The Morgan fingerprint density at radius 1 is 1.33 bits per heavy atom. The smallest absolute Gasteiger partial charge is 0.333 e. The van der Waals surface area contributed by atoms with Crippen LogP contribution in [-0.2, 0) is 6.42 Å². The molecule has 1 heterocycles. The number of ether oxygens (including phenoxy) is 1. The summed E-state index contributed by atoms with van der Waals surface area (Å²) in [5.41, 5.74) is 0.493. The van der Waals surface area contributed by atoms with Gasteiger partial charge in [0, 0.05) is 11.4 Å². The lowest BCUT2D eigenvalue weighted by Gasteiger charge is -2.13. The van der Waals surface area contributed by atoms with Crippen molar-refractivity contribution in [3.8, 4) is 5.75 Å². The molecule has 21 heavy (non-hydrogen) atoms. The zero-order chi connectivity index (χ0) is 15.2. The lowest BCUT2D eigenvalue weighted by molar-refractivity contribution is -0.385. The number of hydrogen-bond donors (Lipinski definition) is 1. The largest absolute Gasteiger partial charge is 0.484 e. The average Bonchev–Trinajstić information content (AvgIpc) is 2.91. The molecule has 2 aromatic rings. The van der Waals surface area contributed by atoms with Gasteiger partial charge in [0.1, 0.15) is 5.69 Å². The number of nitro benzene ring substituents is 1. The van der Waals surface area contributed by atoms with E-state index < -0.39 is 4.92 Å². The standard InChI is InChI=1S/C15H18N2O3S/c1-11(2)20-14-7-3-6-13(15(14)17(18)19)16-9-8-12-5-4-10-21-12/h3-7,10-11,16H,8-9H2,1-2H3. The van der Waals surface area contributed by atoms with Crippen molar-refractivity contribution in [1.29, 1.82) is 0 Å². The number of thiophene rings is 1. The molecule has 0 saturated carbocycles. The van der Waals surface area contributed by atoms with Gasteiger partial charge in [-0.1, -0.05) is 12.1 Å². The Bertz CT molecular complexity index is 597. The fourth-order valence-electron chi connectivity index (χ4n) is 1.98. The van der Waals surface area contributed by atoms with Gasteiger partial charge in [-0.25, -0.2) is 0 Å². The molecule has 1 aromatic heterocycles. The molecule has 0 aliphatic heterocycles. The second kappa shape index (κ2) is 7.08. The summed E-state index contributed by atoms with van der Waals surface area (Å²) < 4.78 is 5.52. The molecule has 0 atom stereocenters. The molecule has 0 spiro atoms. The minimum absolute atomic E-state index is 0.00243. The van der Waals surface area contributed by atoms with Crippen LogP contribution >= 0.6 is 11.3 Å². The first-order valence-corrected chi connectivity index (χ1v) is 7.66. The summed E-state index contributed by atoms with van der Waals surface area (Å²) in [5.74, 6) is 0.302. The van der Waals surface area contributed by atoms with E-state index in [0.717, 1.165) is 6.42 Å². The maximum absolute atomic E-state index is 11.3. The Kier molecular flexibility index (Phi) is 5.16. The van der Waals surface area contributed by atoms with E-state index in [1.165, 1.54) is 4.88 Å². The second-order valence-electron chi connectivity index (χ2n) is 4.83. The summed E-state index contributed by atoms with van der Waals surface area (Å²) in [6.07, 6.45) is 0.731. The number of nitrogens with zero attached hydrogens (tertiary/aromatic N) is 1. The summed E-state index contributed by atoms with van der Waals surface area (Å²) in [5, 5.41) is 16.5. The topological polar surface area (TPSA) is 64.4 Å². The van der Waals surface area contributed by atoms with E-state index >= 15 is 0 Å². The van der Waals surface area contributed by atoms with Crippen LogP contribution in [0.3, 0.4) is 0 Å². The fraction of sp³-hybridized carbons (Fsp3) is 0.333. The number of anilines is 1. The molecule has 0 radical (unpaired) electrons. The minimum atomic E-state index is -0.398. The van der Waals surface area contributed by atoms with Crippen LogP contribution in [0.1, 0.15) is 18.7 Å². The van der Waals surface area contributed by atoms with Crippen LogP contribution in [0.2, 0.25) is 0 Å². The molecule has 5 nitrogen and oxygen atoms in total. The molecule has 112 valence electrons. The van der Waals surface area contributed by atoms with Gasteiger partial charge < -0.3 is 10.1 Å². The number of para-hydroxylation sites is 1. The monoisotopic (exact) mass is 306 g/mol. The van der Waals surface area contributed by atoms with Gasteiger partial charge in [-0.05, 0) is 43.8 Å². The molecule has 2 rings (SSSR count). The summed E-state index contributed by atoms with van der Waals surface area (Å²) >= 11 is 1.68. The average molecular weight is 306 g/mol. The van der Waals surface area contributed by atoms with Crippen molar-refractivity contribution in [2.75, 3.05) is 11.9 Å². The molecule has 1 aromatic carbocycles. The van der Waals surface area contributed by atoms with Crippen molar-refractivity contribution in [1.82, 2.24) is 0 Å². The van der Waals surface area contributed by atoms with Gasteiger partial charge >= 0.3 is 5.69 Å². The maximum atomic E-state index is 11.3.